The van der Waals surface area contributed by atoms with Crippen molar-refractivity contribution in [2.45, 2.75) is 24.3 Å². The SMILES string of the molecule is CC(=O)c1cccc(NC(=O)[C@@H](C)Sc2nc3ccccc3o2)c1. The summed E-state index contributed by atoms with van der Waals surface area (Å²) in [6, 6.07) is 14.3. The summed E-state index contributed by atoms with van der Waals surface area (Å²) in [4.78, 5) is 28.1. The van der Waals surface area contributed by atoms with Crippen LogP contribution < -0.4 is 5.32 Å². The van der Waals surface area contributed by atoms with Gasteiger partial charge in [0, 0.05) is 11.3 Å². The molecule has 3 aromatic rings. The first-order valence-corrected chi connectivity index (χ1v) is 8.35. The van der Waals surface area contributed by atoms with Gasteiger partial charge in [0.05, 0.1) is 5.25 Å². The van der Waals surface area contributed by atoms with E-state index in [1.165, 1.54) is 18.7 Å². The summed E-state index contributed by atoms with van der Waals surface area (Å²) in [6.45, 7) is 3.27. The second-order valence-corrected chi connectivity index (χ2v) is 6.63. The molecule has 122 valence electrons. The van der Waals surface area contributed by atoms with Crippen LogP contribution in [0.3, 0.4) is 0 Å². The highest BCUT2D eigenvalue weighted by Gasteiger charge is 2.18. The number of Topliss-reactive ketones (excluding diaryl/α,β-unsaturated/α-hetero) is 1. The molecule has 0 bridgehead atoms. The minimum Gasteiger partial charge on any atom is -0.431 e. The van der Waals surface area contributed by atoms with Gasteiger partial charge in [0.1, 0.15) is 5.52 Å². The van der Waals surface area contributed by atoms with E-state index in [2.05, 4.69) is 10.3 Å². The first-order valence-electron chi connectivity index (χ1n) is 7.47. The molecule has 1 aromatic heterocycles. The van der Waals surface area contributed by atoms with E-state index in [4.69, 9.17) is 4.42 Å². The van der Waals surface area contributed by atoms with Crippen LogP contribution in [0, 0.1) is 0 Å². The molecule has 0 aliphatic rings. The van der Waals surface area contributed by atoms with E-state index >= 15 is 0 Å². The Kier molecular flexibility index (Phi) is 4.66. The molecule has 0 aliphatic carbocycles. The van der Waals surface area contributed by atoms with E-state index in [0.29, 0.717) is 22.1 Å². The molecule has 0 radical (unpaired) electrons. The molecule has 0 saturated carbocycles. The van der Waals surface area contributed by atoms with Crippen molar-refractivity contribution < 1.29 is 14.0 Å². The number of nitrogens with zero attached hydrogens (tertiary/aromatic N) is 1. The van der Waals surface area contributed by atoms with Crippen LogP contribution >= 0.6 is 11.8 Å². The number of ketones is 1. The minimum atomic E-state index is -0.390. The van der Waals surface area contributed by atoms with Crippen molar-refractivity contribution in [2.75, 3.05) is 5.32 Å². The molecule has 1 atom stereocenters. The number of benzene rings is 2. The van der Waals surface area contributed by atoms with Crippen LogP contribution in [0.15, 0.2) is 58.2 Å². The number of para-hydroxylation sites is 2. The van der Waals surface area contributed by atoms with Crippen LogP contribution in [0.25, 0.3) is 11.1 Å². The van der Waals surface area contributed by atoms with Crippen molar-refractivity contribution in [1.82, 2.24) is 4.98 Å². The van der Waals surface area contributed by atoms with Crippen molar-refractivity contribution in [2.24, 2.45) is 0 Å². The normalized spacial score (nSPS) is 12.1. The number of thioether (sulfide) groups is 1. The number of nitrogens with one attached hydrogen (secondary N) is 1. The zero-order valence-corrected chi connectivity index (χ0v) is 14.1. The third-order valence-corrected chi connectivity index (χ3v) is 4.40. The van der Waals surface area contributed by atoms with Gasteiger partial charge in [0.25, 0.3) is 5.22 Å². The average molecular weight is 340 g/mol. The van der Waals surface area contributed by atoms with Crippen molar-refractivity contribution in [3.8, 4) is 0 Å². The van der Waals surface area contributed by atoms with E-state index in [0.717, 1.165) is 5.52 Å². The first-order chi connectivity index (χ1) is 11.5. The van der Waals surface area contributed by atoms with E-state index in [9.17, 15) is 9.59 Å². The van der Waals surface area contributed by atoms with Crippen molar-refractivity contribution in [3.05, 3.63) is 54.1 Å². The predicted octanol–water partition coefficient (Wildman–Crippen LogP) is 4.15. The van der Waals surface area contributed by atoms with Crippen LogP contribution in [0.2, 0.25) is 0 Å². The third-order valence-electron chi connectivity index (χ3n) is 3.46. The number of hydrogen-bond donors (Lipinski definition) is 1. The van der Waals surface area contributed by atoms with E-state index in [1.54, 1.807) is 31.2 Å². The lowest BCUT2D eigenvalue weighted by atomic mass is 10.1. The lowest BCUT2D eigenvalue weighted by Gasteiger charge is -2.10. The fraction of sp³-hybridized carbons (Fsp3) is 0.167. The maximum atomic E-state index is 12.3. The molecule has 0 aliphatic heterocycles. The summed E-state index contributed by atoms with van der Waals surface area (Å²) in [5, 5.41) is 2.87. The van der Waals surface area contributed by atoms with Gasteiger partial charge in [0.15, 0.2) is 11.4 Å². The smallest absolute Gasteiger partial charge is 0.257 e. The van der Waals surface area contributed by atoms with Gasteiger partial charge in [-0.3, -0.25) is 9.59 Å². The number of aromatic nitrogens is 1. The number of anilines is 1. The topological polar surface area (TPSA) is 72.2 Å². The molecule has 0 fully saturated rings. The van der Waals surface area contributed by atoms with Gasteiger partial charge in [-0.15, -0.1) is 0 Å². The maximum Gasteiger partial charge on any atom is 0.257 e. The fourth-order valence-electron chi connectivity index (χ4n) is 2.17. The molecule has 0 saturated heterocycles. The van der Waals surface area contributed by atoms with Crippen LogP contribution in [0.5, 0.6) is 0 Å². The summed E-state index contributed by atoms with van der Waals surface area (Å²) in [6.07, 6.45) is 0. The molecule has 2 aromatic carbocycles. The summed E-state index contributed by atoms with van der Waals surface area (Å²) in [5.41, 5.74) is 2.62. The van der Waals surface area contributed by atoms with Crippen molar-refractivity contribution in [1.29, 1.82) is 0 Å². The van der Waals surface area contributed by atoms with Gasteiger partial charge in [-0.05, 0) is 38.1 Å². The Morgan fingerprint density at radius 2 is 1.96 bits per heavy atom. The number of hydrogen-bond acceptors (Lipinski definition) is 5. The van der Waals surface area contributed by atoms with Gasteiger partial charge in [-0.25, -0.2) is 4.98 Å². The molecule has 5 nitrogen and oxygen atoms in total. The average Bonchev–Trinajstić information content (AvgIpc) is 2.97. The minimum absolute atomic E-state index is 0.0417. The lowest BCUT2D eigenvalue weighted by molar-refractivity contribution is -0.115. The second-order valence-electron chi connectivity index (χ2n) is 5.33. The zero-order chi connectivity index (χ0) is 17.1. The number of amides is 1. The van der Waals surface area contributed by atoms with Crippen molar-refractivity contribution in [3.63, 3.8) is 0 Å². The number of oxazole rings is 1. The van der Waals surface area contributed by atoms with Crippen LogP contribution in [0.4, 0.5) is 5.69 Å². The van der Waals surface area contributed by atoms with Crippen LogP contribution in [0.1, 0.15) is 24.2 Å². The summed E-state index contributed by atoms with van der Waals surface area (Å²) in [5.74, 6) is -0.219. The Morgan fingerprint density at radius 3 is 2.71 bits per heavy atom. The number of carbonyl (C=O) groups excluding carboxylic acids is 2. The molecule has 1 heterocycles. The summed E-state index contributed by atoms with van der Waals surface area (Å²) >= 11 is 1.25. The van der Waals surface area contributed by atoms with E-state index in [-0.39, 0.29) is 16.9 Å². The number of carbonyl (C=O) groups is 2. The van der Waals surface area contributed by atoms with Crippen LogP contribution in [-0.2, 0) is 4.79 Å². The largest absolute Gasteiger partial charge is 0.431 e. The van der Waals surface area contributed by atoms with Gasteiger partial charge >= 0.3 is 0 Å². The number of rotatable bonds is 5. The molecule has 1 N–H and O–H groups in total. The van der Waals surface area contributed by atoms with Gasteiger partial charge in [-0.2, -0.15) is 0 Å². The standard InChI is InChI=1S/C18H16N2O3S/c1-11(21)13-6-5-7-14(10-13)19-17(22)12(2)24-18-20-15-8-3-4-9-16(15)23-18/h3-10,12H,1-2H3,(H,19,22)/t12-/m1/s1. The van der Waals surface area contributed by atoms with E-state index < -0.39 is 0 Å². The molecule has 0 spiro atoms. The van der Waals surface area contributed by atoms with Crippen LogP contribution in [-0.4, -0.2) is 21.9 Å². The first kappa shape index (κ1) is 16.3. The summed E-state index contributed by atoms with van der Waals surface area (Å²) < 4.78 is 5.62. The third kappa shape index (κ3) is 3.65. The monoisotopic (exact) mass is 340 g/mol. The second kappa shape index (κ2) is 6.88. The van der Waals surface area contributed by atoms with Gasteiger partial charge in [0.2, 0.25) is 5.91 Å². The van der Waals surface area contributed by atoms with Gasteiger partial charge < -0.3 is 9.73 Å². The van der Waals surface area contributed by atoms with Crippen molar-refractivity contribution >= 4 is 40.2 Å². The van der Waals surface area contributed by atoms with Gasteiger partial charge in [-0.1, -0.05) is 36.0 Å². The maximum absolute atomic E-state index is 12.3. The predicted molar refractivity (Wildman–Crippen MR) is 94.4 cm³/mol. The summed E-state index contributed by atoms with van der Waals surface area (Å²) in [7, 11) is 0. The Hall–Kier alpha value is -2.60. The molecule has 3 rings (SSSR count). The lowest BCUT2D eigenvalue weighted by Crippen LogP contribution is -2.22. The Balaban J connectivity index is 1.68. The highest BCUT2D eigenvalue weighted by Crippen LogP contribution is 2.27. The quantitative estimate of drug-likeness (QED) is 0.558. The Labute approximate surface area is 143 Å². The Bertz CT molecular complexity index is 871. The highest BCUT2D eigenvalue weighted by atomic mass is 32.2. The van der Waals surface area contributed by atoms with E-state index in [1.807, 2.05) is 24.3 Å². The molecular formula is C18H16N2O3S. The molecule has 24 heavy (non-hydrogen) atoms. The molecular weight excluding hydrogens is 324 g/mol. The Morgan fingerprint density at radius 1 is 1.17 bits per heavy atom. The fourth-order valence-corrected chi connectivity index (χ4v) is 2.92. The molecule has 1 amide bonds. The highest BCUT2D eigenvalue weighted by molar-refractivity contribution is 8.00. The zero-order valence-electron chi connectivity index (χ0n) is 13.3. The molecule has 6 heteroatoms. The molecule has 0 unspecified atom stereocenters. The number of fused-ring (bicyclic) bond motifs is 1.